The number of carbonyl (C=O) groups excluding carboxylic acids is 1. The van der Waals surface area contributed by atoms with Crippen molar-refractivity contribution >= 4 is 5.91 Å². The quantitative estimate of drug-likeness (QED) is 0.858. The molecule has 1 aromatic rings. The SMILES string of the molecule is C[C@H]1C[C@@H](CO)CCN1C(=O)c1c(O)cccc1F. The zero-order valence-corrected chi connectivity index (χ0v) is 10.8. The smallest absolute Gasteiger partial charge is 0.260 e. The van der Waals surface area contributed by atoms with E-state index in [4.69, 9.17) is 5.11 Å². The van der Waals surface area contributed by atoms with Crippen LogP contribution in [-0.4, -0.2) is 40.2 Å². The van der Waals surface area contributed by atoms with Crippen LogP contribution in [0.5, 0.6) is 5.75 Å². The molecule has 0 aliphatic carbocycles. The monoisotopic (exact) mass is 267 g/mol. The third-order valence-electron chi connectivity index (χ3n) is 3.71. The molecule has 5 heteroatoms. The number of carbonyl (C=O) groups is 1. The molecule has 1 aliphatic heterocycles. The molecule has 1 amide bonds. The largest absolute Gasteiger partial charge is 0.507 e. The number of phenolic OH excluding ortho intramolecular Hbond substituents is 1. The number of hydrogen-bond donors (Lipinski definition) is 2. The van der Waals surface area contributed by atoms with Gasteiger partial charge in [-0.1, -0.05) is 6.07 Å². The van der Waals surface area contributed by atoms with Crippen LogP contribution in [0, 0.1) is 11.7 Å². The third-order valence-corrected chi connectivity index (χ3v) is 3.71. The lowest BCUT2D eigenvalue weighted by Crippen LogP contribution is -2.45. The number of likely N-dealkylation sites (tertiary alicyclic amines) is 1. The molecule has 0 radical (unpaired) electrons. The number of aromatic hydroxyl groups is 1. The fraction of sp³-hybridized carbons (Fsp3) is 0.500. The van der Waals surface area contributed by atoms with Crippen molar-refractivity contribution in [2.75, 3.05) is 13.2 Å². The van der Waals surface area contributed by atoms with Crippen LogP contribution in [0.4, 0.5) is 4.39 Å². The number of benzene rings is 1. The van der Waals surface area contributed by atoms with Crippen LogP contribution < -0.4 is 0 Å². The molecule has 2 N–H and O–H groups in total. The summed E-state index contributed by atoms with van der Waals surface area (Å²) in [5.41, 5.74) is -0.267. The highest BCUT2D eigenvalue weighted by Crippen LogP contribution is 2.27. The van der Waals surface area contributed by atoms with Crippen molar-refractivity contribution in [2.45, 2.75) is 25.8 Å². The Morgan fingerprint density at radius 2 is 2.26 bits per heavy atom. The molecule has 104 valence electrons. The van der Waals surface area contributed by atoms with Crippen LogP contribution >= 0.6 is 0 Å². The van der Waals surface area contributed by atoms with Gasteiger partial charge in [0, 0.05) is 19.2 Å². The number of phenols is 1. The van der Waals surface area contributed by atoms with Crippen LogP contribution in [0.3, 0.4) is 0 Å². The van der Waals surface area contributed by atoms with E-state index >= 15 is 0 Å². The highest BCUT2D eigenvalue weighted by molar-refractivity contribution is 5.97. The molecular formula is C14H18FNO3. The summed E-state index contributed by atoms with van der Waals surface area (Å²) < 4.78 is 13.7. The highest BCUT2D eigenvalue weighted by atomic mass is 19.1. The number of nitrogens with zero attached hydrogens (tertiary/aromatic N) is 1. The summed E-state index contributed by atoms with van der Waals surface area (Å²) in [6.07, 6.45) is 1.39. The predicted molar refractivity (Wildman–Crippen MR) is 68.4 cm³/mol. The van der Waals surface area contributed by atoms with Crippen molar-refractivity contribution < 1.29 is 19.4 Å². The summed E-state index contributed by atoms with van der Waals surface area (Å²) in [5.74, 6) is -1.34. The van der Waals surface area contributed by atoms with Gasteiger partial charge in [0.25, 0.3) is 5.91 Å². The molecule has 1 heterocycles. The zero-order valence-electron chi connectivity index (χ0n) is 10.8. The Kier molecular flexibility index (Phi) is 4.04. The summed E-state index contributed by atoms with van der Waals surface area (Å²) in [4.78, 5) is 13.9. The van der Waals surface area contributed by atoms with Crippen molar-refractivity contribution in [1.82, 2.24) is 4.90 Å². The van der Waals surface area contributed by atoms with Crippen molar-refractivity contribution in [3.05, 3.63) is 29.6 Å². The van der Waals surface area contributed by atoms with Gasteiger partial charge in [0.2, 0.25) is 0 Å². The van der Waals surface area contributed by atoms with Crippen LogP contribution in [0.1, 0.15) is 30.1 Å². The molecule has 2 rings (SSSR count). The van der Waals surface area contributed by atoms with E-state index in [1.807, 2.05) is 6.92 Å². The lowest BCUT2D eigenvalue weighted by atomic mass is 9.91. The Hall–Kier alpha value is -1.62. The number of amides is 1. The van der Waals surface area contributed by atoms with Crippen LogP contribution in [0.15, 0.2) is 18.2 Å². The number of piperidine rings is 1. The number of halogens is 1. The van der Waals surface area contributed by atoms with Gasteiger partial charge in [0.05, 0.1) is 0 Å². The van der Waals surface area contributed by atoms with Gasteiger partial charge >= 0.3 is 0 Å². The first-order valence-corrected chi connectivity index (χ1v) is 6.44. The molecule has 19 heavy (non-hydrogen) atoms. The van der Waals surface area contributed by atoms with Crippen LogP contribution in [-0.2, 0) is 0 Å². The summed E-state index contributed by atoms with van der Waals surface area (Å²) in [6.45, 7) is 2.45. The summed E-state index contributed by atoms with van der Waals surface area (Å²) in [6, 6.07) is 3.76. The average molecular weight is 267 g/mol. The van der Waals surface area contributed by atoms with Crippen molar-refractivity contribution in [3.63, 3.8) is 0 Å². The lowest BCUT2D eigenvalue weighted by Gasteiger charge is -2.37. The van der Waals surface area contributed by atoms with E-state index in [1.165, 1.54) is 12.1 Å². The van der Waals surface area contributed by atoms with E-state index in [0.717, 1.165) is 6.07 Å². The van der Waals surface area contributed by atoms with Crippen LogP contribution in [0.25, 0.3) is 0 Å². The lowest BCUT2D eigenvalue weighted by molar-refractivity contribution is 0.0508. The summed E-state index contributed by atoms with van der Waals surface area (Å²) in [7, 11) is 0. The molecule has 1 aliphatic rings. The van der Waals surface area contributed by atoms with Gasteiger partial charge < -0.3 is 15.1 Å². The van der Waals surface area contributed by atoms with E-state index < -0.39 is 11.7 Å². The number of aliphatic hydroxyl groups excluding tert-OH is 1. The average Bonchev–Trinajstić information content (AvgIpc) is 2.38. The topological polar surface area (TPSA) is 60.8 Å². The maximum absolute atomic E-state index is 13.7. The van der Waals surface area contributed by atoms with Crippen molar-refractivity contribution in [2.24, 2.45) is 5.92 Å². The standard InChI is InChI=1S/C14H18FNO3/c1-9-7-10(8-17)5-6-16(9)14(19)13-11(15)3-2-4-12(13)18/h2-4,9-10,17-18H,5-8H2,1H3/t9-,10-/m0/s1. The molecule has 1 fully saturated rings. The Morgan fingerprint density at radius 1 is 1.53 bits per heavy atom. The molecular weight excluding hydrogens is 249 g/mol. The fourth-order valence-corrected chi connectivity index (χ4v) is 2.61. The number of rotatable bonds is 2. The van der Waals surface area contributed by atoms with Gasteiger partial charge in [-0.05, 0) is 37.8 Å². The number of aliphatic hydroxyl groups is 1. The second-order valence-corrected chi connectivity index (χ2v) is 5.05. The first kappa shape index (κ1) is 13.8. The van der Waals surface area contributed by atoms with E-state index in [-0.39, 0.29) is 29.9 Å². The first-order chi connectivity index (χ1) is 9.04. The van der Waals surface area contributed by atoms with E-state index in [1.54, 1.807) is 4.90 Å². The van der Waals surface area contributed by atoms with Crippen molar-refractivity contribution in [3.8, 4) is 5.75 Å². The van der Waals surface area contributed by atoms with E-state index in [0.29, 0.717) is 19.4 Å². The molecule has 0 unspecified atom stereocenters. The minimum Gasteiger partial charge on any atom is -0.507 e. The van der Waals surface area contributed by atoms with Gasteiger partial charge in [-0.2, -0.15) is 0 Å². The minimum atomic E-state index is -0.707. The van der Waals surface area contributed by atoms with E-state index in [9.17, 15) is 14.3 Å². The Balaban J connectivity index is 2.21. The second-order valence-electron chi connectivity index (χ2n) is 5.05. The first-order valence-electron chi connectivity index (χ1n) is 6.44. The summed E-state index contributed by atoms with van der Waals surface area (Å²) >= 11 is 0. The van der Waals surface area contributed by atoms with Crippen molar-refractivity contribution in [1.29, 1.82) is 0 Å². The maximum Gasteiger partial charge on any atom is 0.260 e. The van der Waals surface area contributed by atoms with Gasteiger partial charge in [0.15, 0.2) is 0 Å². The maximum atomic E-state index is 13.7. The molecule has 0 bridgehead atoms. The highest BCUT2D eigenvalue weighted by Gasteiger charge is 2.31. The summed E-state index contributed by atoms with van der Waals surface area (Å²) in [5, 5.41) is 18.8. The molecule has 0 aromatic heterocycles. The molecule has 0 saturated carbocycles. The van der Waals surface area contributed by atoms with Gasteiger partial charge in [-0.25, -0.2) is 4.39 Å². The molecule has 1 saturated heterocycles. The van der Waals surface area contributed by atoms with Gasteiger partial charge in [-0.3, -0.25) is 4.79 Å². The molecule has 2 atom stereocenters. The molecule has 4 nitrogen and oxygen atoms in total. The second kappa shape index (κ2) is 5.57. The zero-order chi connectivity index (χ0) is 14.0. The Labute approximate surface area is 111 Å². The van der Waals surface area contributed by atoms with Gasteiger partial charge in [-0.15, -0.1) is 0 Å². The Morgan fingerprint density at radius 3 is 2.84 bits per heavy atom. The minimum absolute atomic E-state index is 0.0718. The Bertz CT molecular complexity index is 458. The molecule has 1 aromatic carbocycles. The fourth-order valence-electron chi connectivity index (χ4n) is 2.61. The predicted octanol–water partition coefficient (Wildman–Crippen LogP) is 1.76. The van der Waals surface area contributed by atoms with Crippen LogP contribution in [0.2, 0.25) is 0 Å². The number of hydrogen-bond acceptors (Lipinski definition) is 3. The normalized spacial score (nSPS) is 23.4. The van der Waals surface area contributed by atoms with E-state index in [2.05, 4.69) is 0 Å². The molecule has 0 spiro atoms. The van der Waals surface area contributed by atoms with Gasteiger partial charge in [0.1, 0.15) is 17.1 Å². The third kappa shape index (κ3) is 2.71.